The number of hydrogen-bond donors (Lipinski definition) is 0. The van der Waals surface area contributed by atoms with E-state index in [2.05, 4.69) is 47.7 Å². The number of carbonyl (C=O) groups is 1. The van der Waals surface area contributed by atoms with E-state index in [0.717, 1.165) is 50.1 Å². The first kappa shape index (κ1) is 22.9. The third-order valence-corrected chi connectivity index (χ3v) is 6.78. The summed E-state index contributed by atoms with van der Waals surface area (Å²) in [5, 5.41) is 0.766. The maximum absolute atomic E-state index is 13.6. The summed E-state index contributed by atoms with van der Waals surface area (Å²) < 4.78 is 2.27. The minimum absolute atomic E-state index is 0.156. The molecule has 1 aromatic heterocycles. The normalized spacial score (nSPS) is 15.8. The van der Waals surface area contributed by atoms with Gasteiger partial charge < -0.3 is 9.47 Å². The Bertz CT molecular complexity index is 794. The summed E-state index contributed by atoms with van der Waals surface area (Å²) in [6.07, 6.45) is 12.4. The molecule has 1 aromatic carbocycles. The van der Waals surface area contributed by atoms with Gasteiger partial charge in [0.2, 0.25) is 5.91 Å². The Balaban J connectivity index is 1.79. The molecule has 1 amide bonds. The molecule has 1 saturated carbocycles. The standard InChI is InChI=1S/C26H37ClN2O/c1-3-5-12-22(4-2)26(30)29(24-14-7-6-8-15-24)20-25-16-10-17-28(25)19-21-11-9-13-23(27)18-21/h9-11,13,16-18,22,24H,3-8,12,14-15,19-20H2,1-2H3. The van der Waals surface area contributed by atoms with Gasteiger partial charge in [0.1, 0.15) is 0 Å². The second kappa shape index (κ2) is 11.6. The monoisotopic (exact) mass is 428 g/mol. The highest BCUT2D eigenvalue weighted by atomic mass is 35.5. The SMILES string of the molecule is CCCCC(CC)C(=O)N(Cc1cccn1Cc1cccc(Cl)c1)C1CCCCC1. The van der Waals surface area contributed by atoms with Crippen molar-refractivity contribution in [3.05, 3.63) is 58.9 Å². The predicted molar refractivity (Wildman–Crippen MR) is 126 cm³/mol. The van der Waals surface area contributed by atoms with Crippen molar-refractivity contribution < 1.29 is 4.79 Å². The molecule has 1 heterocycles. The van der Waals surface area contributed by atoms with Crippen LogP contribution in [-0.4, -0.2) is 21.4 Å². The Kier molecular flexibility index (Phi) is 8.87. The average molecular weight is 429 g/mol. The van der Waals surface area contributed by atoms with Crippen molar-refractivity contribution in [1.29, 1.82) is 0 Å². The molecule has 1 unspecified atom stereocenters. The molecule has 4 heteroatoms. The molecule has 0 aliphatic heterocycles. The lowest BCUT2D eigenvalue weighted by Gasteiger charge is -2.37. The van der Waals surface area contributed by atoms with Crippen molar-refractivity contribution in [1.82, 2.24) is 9.47 Å². The van der Waals surface area contributed by atoms with Gasteiger partial charge in [-0.2, -0.15) is 0 Å². The third-order valence-electron chi connectivity index (χ3n) is 6.54. The molecule has 3 rings (SSSR count). The topological polar surface area (TPSA) is 25.2 Å². The average Bonchev–Trinajstić information content (AvgIpc) is 3.19. The number of rotatable bonds is 10. The van der Waals surface area contributed by atoms with Crippen molar-refractivity contribution in [2.75, 3.05) is 0 Å². The first-order valence-corrected chi connectivity index (χ1v) is 12.2. The smallest absolute Gasteiger partial charge is 0.226 e. The summed E-state index contributed by atoms with van der Waals surface area (Å²) in [7, 11) is 0. The van der Waals surface area contributed by atoms with E-state index < -0.39 is 0 Å². The molecule has 1 fully saturated rings. The Labute approximate surface area is 187 Å². The van der Waals surface area contributed by atoms with Crippen LogP contribution in [0.4, 0.5) is 0 Å². The van der Waals surface area contributed by atoms with Gasteiger partial charge in [-0.25, -0.2) is 0 Å². The van der Waals surface area contributed by atoms with E-state index in [0.29, 0.717) is 18.5 Å². The lowest BCUT2D eigenvalue weighted by molar-refractivity contribution is -0.140. The predicted octanol–water partition coefficient (Wildman–Crippen LogP) is 7.07. The maximum atomic E-state index is 13.6. The van der Waals surface area contributed by atoms with Gasteiger partial charge in [-0.15, -0.1) is 0 Å². The fraction of sp³-hybridized carbons (Fsp3) is 0.577. The molecule has 0 saturated heterocycles. The Morgan fingerprint density at radius 1 is 1.17 bits per heavy atom. The van der Waals surface area contributed by atoms with Crippen molar-refractivity contribution in [2.24, 2.45) is 5.92 Å². The first-order valence-electron chi connectivity index (χ1n) is 11.8. The minimum atomic E-state index is 0.156. The highest BCUT2D eigenvalue weighted by Crippen LogP contribution is 2.28. The quantitative estimate of drug-likeness (QED) is 0.397. The molecular formula is C26H37ClN2O. The fourth-order valence-corrected chi connectivity index (χ4v) is 4.93. The van der Waals surface area contributed by atoms with Gasteiger partial charge >= 0.3 is 0 Å². The number of benzene rings is 1. The molecule has 0 radical (unpaired) electrons. The van der Waals surface area contributed by atoms with Crippen LogP contribution >= 0.6 is 11.6 Å². The molecule has 3 nitrogen and oxygen atoms in total. The Morgan fingerprint density at radius 3 is 2.67 bits per heavy atom. The number of nitrogens with zero attached hydrogens (tertiary/aromatic N) is 2. The second-order valence-corrected chi connectivity index (χ2v) is 9.20. The van der Waals surface area contributed by atoms with Gasteiger partial charge in [-0.1, -0.05) is 69.7 Å². The molecule has 0 N–H and O–H groups in total. The van der Waals surface area contributed by atoms with Crippen LogP contribution < -0.4 is 0 Å². The van der Waals surface area contributed by atoms with Gasteiger partial charge in [0.15, 0.2) is 0 Å². The number of halogens is 1. The van der Waals surface area contributed by atoms with Gasteiger partial charge in [-0.3, -0.25) is 4.79 Å². The van der Waals surface area contributed by atoms with Gasteiger partial charge in [0, 0.05) is 35.4 Å². The molecule has 1 aliphatic rings. The van der Waals surface area contributed by atoms with E-state index in [1.807, 2.05) is 18.2 Å². The second-order valence-electron chi connectivity index (χ2n) is 8.76. The molecule has 2 aromatic rings. The van der Waals surface area contributed by atoms with Crippen LogP contribution in [0.3, 0.4) is 0 Å². The zero-order valence-electron chi connectivity index (χ0n) is 18.7. The van der Waals surface area contributed by atoms with Crippen molar-refractivity contribution >= 4 is 17.5 Å². The van der Waals surface area contributed by atoms with E-state index in [1.54, 1.807) is 0 Å². The highest BCUT2D eigenvalue weighted by Gasteiger charge is 2.30. The van der Waals surface area contributed by atoms with E-state index in [-0.39, 0.29) is 5.92 Å². The van der Waals surface area contributed by atoms with Gasteiger partial charge in [-0.05, 0) is 55.5 Å². The zero-order valence-corrected chi connectivity index (χ0v) is 19.4. The van der Waals surface area contributed by atoms with Crippen molar-refractivity contribution in [2.45, 2.75) is 90.8 Å². The molecule has 0 spiro atoms. The van der Waals surface area contributed by atoms with E-state index in [1.165, 1.54) is 30.5 Å². The van der Waals surface area contributed by atoms with E-state index >= 15 is 0 Å². The van der Waals surface area contributed by atoms with E-state index in [9.17, 15) is 4.79 Å². The zero-order chi connectivity index (χ0) is 21.3. The summed E-state index contributed by atoms with van der Waals surface area (Å²) in [5.41, 5.74) is 2.39. The van der Waals surface area contributed by atoms with E-state index in [4.69, 9.17) is 11.6 Å². The number of amides is 1. The van der Waals surface area contributed by atoms with Crippen LogP contribution in [0.2, 0.25) is 5.02 Å². The lowest BCUT2D eigenvalue weighted by atomic mass is 9.91. The fourth-order valence-electron chi connectivity index (χ4n) is 4.72. The van der Waals surface area contributed by atoms with Crippen LogP contribution in [0.15, 0.2) is 42.6 Å². The van der Waals surface area contributed by atoms with Crippen molar-refractivity contribution in [3.8, 4) is 0 Å². The maximum Gasteiger partial charge on any atom is 0.226 e. The summed E-state index contributed by atoms with van der Waals surface area (Å²) in [6.45, 7) is 5.86. The Hall–Kier alpha value is -1.74. The van der Waals surface area contributed by atoms with Crippen LogP contribution in [0, 0.1) is 5.92 Å². The Morgan fingerprint density at radius 2 is 1.97 bits per heavy atom. The number of hydrogen-bond acceptors (Lipinski definition) is 1. The molecular weight excluding hydrogens is 392 g/mol. The van der Waals surface area contributed by atoms with Crippen molar-refractivity contribution in [3.63, 3.8) is 0 Å². The first-order chi connectivity index (χ1) is 14.6. The summed E-state index contributed by atoms with van der Waals surface area (Å²) in [5.74, 6) is 0.525. The molecule has 30 heavy (non-hydrogen) atoms. The van der Waals surface area contributed by atoms with Crippen LogP contribution in [0.5, 0.6) is 0 Å². The molecule has 0 bridgehead atoms. The number of aromatic nitrogens is 1. The summed E-state index contributed by atoms with van der Waals surface area (Å²) in [4.78, 5) is 15.8. The third kappa shape index (κ3) is 6.14. The molecule has 1 atom stereocenters. The van der Waals surface area contributed by atoms with Crippen LogP contribution in [0.25, 0.3) is 0 Å². The minimum Gasteiger partial charge on any atom is -0.345 e. The largest absolute Gasteiger partial charge is 0.345 e. The molecule has 164 valence electrons. The lowest BCUT2D eigenvalue weighted by Crippen LogP contribution is -2.44. The van der Waals surface area contributed by atoms with Gasteiger partial charge in [0.25, 0.3) is 0 Å². The summed E-state index contributed by atoms with van der Waals surface area (Å²) in [6, 6.07) is 12.7. The number of carbonyl (C=O) groups excluding carboxylic acids is 1. The van der Waals surface area contributed by atoms with Crippen LogP contribution in [-0.2, 0) is 17.9 Å². The summed E-state index contributed by atoms with van der Waals surface area (Å²) >= 11 is 6.18. The highest BCUT2D eigenvalue weighted by molar-refractivity contribution is 6.30. The van der Waals surface area contributed by atoms with Crippen LogP contribution in [0.1, 0.15) is 82.9 Å². The number of unbranched alkanes of at least 4 members (excludes halogenated alkanes) is 1. The van der Waals surface area contributed by atoms with Gasteiger partial charge in [0.05, 0.1) is 6.54 Å². The molecule has 1 aliphatic carbocycles.